The first kappa shape index (κ1) is 20.6. The van der Waals surface area contributed by atoms with Crippen LogP contribution in [0.4, 0.5) is 0 Å². The van der Waals surface area contributed by atoms with Gasteiger partial charge in [0.05, 0.1) is 25.3 Å². The third-order valence-corrected chi connectivity index (χ3v) is 4.51. The van der Waals surface area contributed by atoms with E-state index in [1.54, 1.807) is 24.3 Å². The monoisotopic (exact) mass is 370 g/mol. The fourth-order valence-corrected chi connectivity index (χ4v) is 2.62. The molecule has 0 spiro atoms. The van der Waals surface area contributed by atoms with Gasteiger partial charge in [0.2, 0.25) is 11.8 Å². The second-order valence-electron chi connectivity index (χ2n) is 6.86. The summed E-state index contributed by atoms with van der Waals surface area (Å²) in [5, 5.41) is 24.7. The molecule has 6 heteroatoms. The molecule has 2 aromatic rings. The summed E-state index contributed by atoms with van der Waals surface area (Å²) in [5.74, 6) is -1.01. The molecule has 4 N–H and O–H groups in total. The fraction of sp³-hybridized carbons (Fsp3) is 0.333. The molecule has 0 aromatic heterocycles. The zero-order chi connectivity index (χ0) is 19.9. The number of benzene rings is 2. The Bertz CT molecular complexity index is 684. The summed E-state index contributed by atoms with van der Waals surface area (Å²) < 4.78 is 0. The molecule has 0 bridgehead atoms. The maximum Gasteiger partial charge on any atom is 0.235 e. The molecule has 0 aliphatic rings. The topological polar surface area (TPSA) is 98.7 Å². The lowest BCUT2D eigenvalue weighted by molar-refractivity contribution is -0.142. The van der Waals surface area contributed by atoms with Crippen molar-refractivity contribution in [1.82, 2.24) is 10.6 Å². The molecular formula is C21H26N2O4. The molecule has 2 aromatic carbocycles. The summed E-state index contributed by atoms with van der Waals surface area (Å²) in [4.78, 5) is 25.4. The van der Waals surface area contributed by atoms with Crippen LogP contribution in [0.2, 0.25) is 0 Å². The summed E-state index contributed by atoms with van der Waals surface area (Å²) in [7, 11) is 0. The summed E-state index contributed by atoms with van der Waals surface area (Å²) in [6.07, 6.45) is 0. The molecule has 6 nitrogen and oxygen atoms in total. The summed E-state index contributed by atoms with van der Waals surface area (Å²) in [6.45, 7) is 2.46. The third kappa shape index (κ3) is 5.15. The Morgan fingerprint density at radius 2 is 1.11 bits per heavy atom. The van der Waals surface area contributed by atoms with Crippen molar-refractivity contribution < 1.29 is 19.8 Å². The van der Waals surface area contributed by atoms with Gasteiger partial charge in [-0.3, -0.25) is 9.59 Å². The maximum atomic E-state index is 12.7. The van der Waals surface area contributed by atoms with Gasteiger partial charge in [-0.1, -0.05) is 60.7 Å². The van der Waals surface area contributed by atoms with E-state index in [9.17, 15) is 19.8 Å². The van der Waals surface area contributed by atoms with Gasteiger partial charge in [0.15, 0.2) is 0 Å². The largest absolute Gasteiger partial charge is 0.394 e. The van der Waals surface area contributed by atoms with Gasteiger partial charge in [0.25, 0.3) is 0 Å². The molecule has 0 fully saturated rings. The lowest BCUT2D eigenvalue weighted by atomic mass is 9.89. The summed E-state index contributed by atoms with van der Waals surface area (Å²) in [5.41, 5.74) is 0.119. The maximum absolute atomic E-state index is 12.7. The van der Waals surface area contributed by atoms with Crippen molar-refractivity contribution in [2.75, 3.05) is 13.2 Å². The zero-order valence-corrected chi connectivity index (χ0v) is 15.6. The van der Waals surface area contributed by atoms with Crippen molar-refractivity contribution in [3.05, 3.63) is 71.8 Å². The Labute approximate surface area is 159 Å². The minimum absolute atomic E-state index is 0.281. The standard InChI is InChI=1S/C21H26N2O4/c1-21(2,19(26)22-17(13-24)15-9-5-3-6-10-15)20(27)23-18(14-25)16-11-7-4-8-12-16/h3-12,17-18,24-25H,13-14H2,1-2H3,(H,22,26)(H,23,27)/t17-,18-/m1/s1. The third-order valence-electron chi connectivity index (χ3n) is 4.51. The van der Waals surface area contributed by atoms with E-state index in [2.05, 4.69) is 10.6 Å². The van der Waals surface area contributed by atoms with E-state index < -0.39 is 29.3 Å². The van der Waals surface area contributed by atoms with Crippen LogP contribution in [0.15, 0.2) is 60.7 Å². The average Bonchev–Trinajstić information content (AvgIpc) is 2.70. The highest BCUT2D eigenvalue weighted by atomic mass is 16.3. The Hall–Kier alpha value is -2.70. The normalized spacial score (nSPS) is 13.5. The minimum Gasteiger partial charge on any atom is -0.394 e. The molecule has 2 atom stereocenters. The van der Waals surface area contributed by atoms with E-state index in [1.165, 1.54) is 13.8 Å². The molecule has 0 saturated carbocycles. The van der Waals surface area contributed by atoms with Gasteiger partial charge in [-0.05, 0) is 25.0 Å². The van der Waals surface area contributed by atoms with Crippen molar-refractivity contribution >= 4 is 11.8 Å². The van der Waals surface area contributed by atoms with Gasteiger partial charge >= 0.3 is 0 Å². The lowest BCUT2D eigenvalue weighted by Crippen LogP contribution is -2.50. The predicted molar refractivity (Wildman–Crippen MR) is 103 cm³/mol. The van der Waals surface area contributed by atoms with E-state index in [4.69, 9.17) is 0 Å². The number of hydrogen-bond acceptors (Lipinski definition) is 4. The molecule has 144 valence electrons. The van der Waals surface area contributed by atoms with Crippen molar-refractivity contribution in [1.29, 1.82) is 0 Å². The van der Waals surface area contributed by atoms with Gasteiger partial charge in [0.1, 0.15) is 5.41 Å². The second kappa shape index (κ2) is 9.30. The van der Waals surface area contributed by atoms with E-state index in [0.29, 0.717) is 0 Å². The first-order valence-corrected chi connectivity index (χ1v) is 8.83. The van der Waals surface area contributed by atoms with Crippen molar-refractivity contribution in [2.45, 2.75) is 25.9 Å². The minimum atomic E-state index is -1.38. The van der Waals surface area contributed by atoms with Crippen LogP contribution < -0.4 is 10.6 Å². The van der Waals surface area contributed by atoms with E-state index >= 15 is 0 Å². The number of amides is 2. The van der Waals surface area contributed by atoms with E-state index in [0.717, 1.165) is 11.1 Å². The number of hydrogen-bond donors (Lipinski definition) is 4. The highest BCUT2D eigenvalue weighted by molar-refractivity contribution is 6.04. The number of carbonyl (C=O) groups is 2. The van der Waals surface area contributed by atoms with Crippen molar-refractivity contribution in [3.63, 3.8) is 0 Å². The highest BCUT2D eigenvalue weighted by Crippen LogP contribution is 2.21. The van der Waals surface area contributed by atoms with Gasteiger partial charge in [-0.25, -0.2) is 0 Å². The first-order valence-electron chi connectivity index (χ1n) is 8.83. The predicted octanol–water partition coefficient (Wildman–Crippen LogP) is 1.71. The quantitative estimate of drug-likeness (QED) is 0.532. The molecule has 0 radical (unpaired) electrons. The average molecular weight is 370 g/mol. The van der Waals surface area contributed by atoms with Crippen molar-refractivity contribution in [2.24, 2.45) is 5.41 Å². The smallest absolute Gasteiger partial charge is 0.235 e. The molecule has 0 unspecified atom stereocenters. The number of nitrogens with one attached hydrogen (secondary N) is 2. The van der Waals surface area contributed by atoms with Crippen LogP contribution in [0.5, 0.6) is 0 Å². The van der Waals surface area contributed by atoms with Crippen LogP contribution in [0.1, 0.15) is 37.1 Å². The second-order valence-corrected chi connectivity index (χ2v) is 6.86. The Kier molecular flexibility index (Phi) is 7.10. The summed E-state index contributed by atoms with van der Waals surface area (Å²) >= 11 is 0. The molecule has 27 heavy (non-hydrogen) atoms. The molecular weight excluding hydrogens is 344 g/mol. The van der Waals surface area contributed by atoms with Gasteiger partial charge in [-0.2, -0.15) is 0 Å². The van der Waals surface area contributed by atoms with E-state index in [1.807, 2.05) is 36.4 Å². The van der Waals surface area contributed by atoms with Crippen molar-refractivity contribution in [3.8, 4) is 0 Å². The van der Waals surface area contributed by atoms with Crippen LogP contribution in [-0.4, -0.2) is 35.2 Å². The van der Waals surface area contributed by atoms with E-state index in [-0.39, 0.29) is 13.2 Å². The summed E-state index contributed by atoms with van der Waals surface area (Å²) in [6, 6.07) is 16.9. The molecule has 0 saturated heterocycles. The Morgan fingerprint density at radius 3 is 1.41 bits per heavy atom. The molecule has 0 aliphatic carbocycles. The number of carbonyl (C=O) groups excluding carboxylic acids is 2. The van der Waals surface area contributed by atoms with Crippen LogP contribution in [0.3, 0.4) is 0 Å². The molecule has 0 heterocycles. The lowest BCUT2D eigenvalue weighted by Gasteiger charge is -2.28. The fourth-order valence-electron chi connectivity index (χ4n) is 2.62. The highest BCUT2D eigenvalue weighted by Gasteiger charge is 2.38. The number of aliphatic hydroxyl groups excluding tert-OH is 2. The van der Waals surface area contributed by atoms with Crippen LogP contribution in [0, 0.1) is 5.41 Å². The number of rotatable bonds is 8. The molecule has 2 rings (SSSR count). The van der Waals surface area contributed by atoms with Crippen LogP contribution in [0.25, 0.3) is 0 Å². The zero-order valence-electron chi connectivity index (χ0n) is 15.6. The van der Waals surface area contributed by atoms with Gasteiger partial charge < -0.3 is 20.8 Å². The number of aliphatic hydroxyl groups is 2. The van der Waals surface area contributed by atoms with Crippen LogP contribution >= 0.6 is 0 Å². The Morgan fingerprint density at radius 1 is 0.778 bits per heavy atom. The molecule has 2 amide bonds. The van der Waals surface area contributed by atoms with Gasteiger partial charge in [0, 0.05) is 0 Å². The van der Waals surface area contributed by atoms with Crippen LogP contribution in [-0.2, 0) is 9.59 Å². The van der Waals surface area contributed by atoms with Gasteiger partial charge in [-0.15, -0.1) is 0 Å². The SMILES string of the molecule is CC(C)(C(=O)N[C@H](CO)c1ccccc1)C(=O)N[C@H](CO)c1ccccc1. The molecule has 0 aliphatic heterocycles. The first-order chi connectivity index (χ1) is 12.9. The Balaban J connectivity index is 2.08.